The van der Waals surface area contributed by atoms with Gasteiger partial charge in [0.25, 0.3) is 0 Å². The Morgan fingerprint density at radius 1 is 1.05 bits per heavy atom. The van der Waals surface area contributed by atoms with Crippen molar-refractivity contribution in [2.45, 2.75) is 62.7 Å². The fraction of sp³-hybridized carbons (Fsp3) is 0.500. The highest BCUT2D eigenvalue weighted by molar-refractivity contribution is 5.95. The Hall–Kier alpha value is -4.20. The number of carbonyl (C=O) groups excluding carboxylic acids is 3. The van der Waals surface area contributed by atoms with Crippen LogP contribution in [0, 0.1) is 0 Å². The number of carboxylic acid groups (broad SMARTS) is 2. The first-order valence-corrected chi connectivity index (χ1v) is 12.2. The van der Waals surface area contributed by atoms with Gasteiger partial charge in [0.1, 0.15) is 18.1 Å². The Labute approximate surface area is 219 Å². The van der Waals surface area contributed by atoms with Crippen LogP contribution in [0.1, 0.15) is 37.7 Å². The van der Waals surface area contributed by atoms with Gasteiger partial charge < -0.3 is 42.9 Å². The summed E-state index contributed by atoms with van der Waals surface area (Å²) >= 11 is 0. The molecular formula is C24H35N7O7. The maximum absolute atomic E-state index is 13.2. The molecule has 14 heteroatoms. The highest BCUT2D eigenvalue weighted by Crippen LogP contribution is 2.20. The molecule has 0 spiro atoms. The van der Waals surface area contributed by atoms with Crippen LogP contribution in [0.4, 0.5) is 0 Å². The van der Waals surface area contributed by atoms with Crippen molar-refractivity contribution in [2.24, 2.45) is 22.2 Å². The van der Waals surface area contributed by atoms with Gasteiger partial charge in [0.2, 0.25) is 17.7 Å². The average molecular weight is 534 g/mol. The molecule has 1 saturated heterocycles. The van der Waals surface area contributed by atoms with E-state index in [2.05, 4.69) is 15.6 Å². The van der Waals surface area contributed by atoms with Crippen molar-refractivity contribution in [3.05, 3.63) is 35.9 Å². The molecular weight excluding hydrogens is 498 g/mol. The molecule has 0 radical (unpaired) electrons. The van der Waals surface area contributed by atoms with Gasteiger partial charge in [-0.05, 0) is 37.7 Å². The molecule has 10 N–H and O–H groups in total. The van der Waals surface area contributed by atoms with Crippen molar-refractivity contribution in [2.75, 3.05) is 13.1 Å². The highest BCUT2D eigenvalue weighted by atomic mass is 16.4. The average Bonchev–Trinajstić information content (AvgIpc) is 3.35. The van der Waals surface area contributed by atoms with Gasteiger partial charge in [0.05, 0.1) is 12.5 Å². The summed E-state index contributed by atoms with van der Waals surface area (Å²) in [5.41, 5.74) is 17.6. The Bertz CT molecular complexity index is 1030. The summed E-state index contributed by atoms with van der Waals surface area (Å²) in [6.45, 7) is 0.461. The van der Waals surface area contributed by atoms with Crippen LogP contribution in [0.3, 0.4) is 0 Å². The third-order valence-electron chi connectivity index (χ3n) is 6.03. The Balaban J connectivity index is 2.11. The lowest BCUT2D eigenvalue weighted by atomic mass is 10.0. The van der Waals surface area contributed by atoms with Crippen LogP contribution in [0.2, 0.25) is 0 Å². The molecule has 14 nitrogen and oxygen atoms in total. The van der Waals surface area contributed by atoms with Crippen molar-refractivity contribution in [3.63, 3.8) is 0 Å². The maximum atomic E-state index is 13.2. The third-order valence-corrected chi connectivity index (χ3v) is 6.03. The van der Waals surface area contributed by atoms with Gasteiger partial charge in [-0.2, -0.15) is 0 Å². The van der Waals surface area contributed by atoms with Crippen molar-refractivity contribution >= 4 is 35.6 Å². The van der Waals surface area contributed by atoms with Crippen LogP contribution >= 0.6 is 0 Å². The van der Waals surface area contributed by atoms with Crippen molar-refractivity contribution in [1.82, 2.24) is 15.5 Å². The second-order valence-electron chi connectivity index (χ2n) is 8.99. The molecule has 4 unspecified atom stereocenters. The van der Waals surface area contributed by atoms with Gasteiger partial charge >= 0.3 is 11.9 Å². The summed E-state index contributed by atoms with van der Waals surface area (Å²) in [5, 5.41) is 23.0. The molecule has 1 heterocycles. The molecule has 38 heavy (non-hydrogen) atoms. The monoisotopic (exact) mass is 533 g/mol. The van der Waals surface area contributed by atoms with Crippen LogP contribution in [-0.2, 0) is 30.4 Å². The van der Waals surface area contributed by atoms with Crippen molar-refractivity contribution in [1.29, 1.82) is 0 Å². The van der Waals surface area contributed by atoms with Crippen LogP contribution in [-0.4, -0.2) is 88.0 Å². The minimum atomic E-state index is -1.70. The standard InChI is InChI=1S/C24H35N7O7/c25-15(12-14-6-2-1-3-7-14)22(36)31-11-5-9-18(31)21(35)29-16(8-4-10-28-24(26)27)20(34)30-17(23(37)38)13-19(32)33/h1-3,6-7,15-18H,4-5,8-13,25H2,(H,29,35)(H,30,34)(H,32,33)(H,37,38)(H4,26,27,28). The molecule has 1 aliphatic rings. The second kappa shape index (κ2) is 14.5. The predicted molar refractivity (Wildman–Crippen MR) is 137 cm³/mol. The first kappa shape index (κ1) is 30.0. The molecule has 1 aromatic rings. The number of nitrogens with two attached hydrogens (primary N) is 3. The van der Waals surface area contributed by atoms with E-state index in [-0.39, 0.29) is 25.3 Å². The number of carbonyl (C=O) groups is 5. The molecule has 0 bridgehead atoms. The second-order valence-corrected chi connectivity index (χ2v) is 8.99. The quantitative estimate of drug-likeness (QED) is 0.0797. The van der Waals surface area contributed by atoms with Crippen LogP contribution < -0.4 is 27.8 Å². The highest BCUT2D eigenvalue weighted by Gasteiger charge is 2.38. The van der Waals surface area contributed by atoms with Gasteiger partial charge in [-0.25, -0.2) is 4.79 Å². The number of aliphatic carboxylic acids is 2. The topological polar surface area (TPSA) is 244 Å². The summed E-state index contributed by atoms with van der Waals surface area (Å²) in [6.07, 6.45) is 0.641. The van der Waals surface area contributed by atoms with E-state index >= 15 is 0 Å². The van der Waals surface area contributed by atoms with E-state index in [0.717, 1.165) is 5.56 Å². The molecule has 208 valence electrons. The smallest absolute Gasteiger partial charge is 0.326 e. The van der Waals surface area contributed by atoms with Gasteiger partial charge in [0.15, 0.2) is 5.96 Å². The number of hydrogen-bond donors (Lipinski definition) is 7. The van der Waals surface area contributed by atoms with Gasteiger partial charge in [-0.1, -0.05) is 30.3 Å². The SMILES string of the molecule is NC(N)=NCCCC(NC(=O)C1CCCN1C(=O)C(N)Cc1ccccc1)C(=O)NC(CC(=O)O)C(=O)O. The van der Waals surface area contributed by atoms with Crippen LogP contribution in [0.5, 0.6) is 0 Å². The first-order valence-electron chi connectivity index (χ1n) is 12.2. The van der Waals surface area contributed by atoms with Gasteiger partial charge in [-0.3, -0.25) is 24.2 Å². The van der Waals surface area contributed by atoms with E-state index in [1.54, 1.807) is 0 Å². The zero-order chi connectivity index (χ0) is 28.2. The molecule has 4 atom stereocenters. The molecule has 0 aliphatic carbocycles. The van der Waals surface area contributed by atoms with Crippen molar-refractivity contribution in [3.8, 4) is 0 Å². The number of amides is 3. The fourth-order valence-corrected chi connectivity index (χ4v) is 4.16. The molecule has 0 saturated carbocycles. The minimum absolute atomic E-state index is 0.0297. The lowest BCUT2D eigenvalue weighted by molar-refractivity contribution is -0.147. The normalized spacial score (nSPS) is 17.1. The predicted octanol–water partition coefficient (Wildman–Crippen LogP) is -1.87. The van der Waals surface area contributed by atoms with E-state index in [1.165, 1.54) is 4.90 Å². The number of nitrogens with zero attached hydrogens (tertiary/aromatic N) is 2. The Kier molecular flexibility index (Phi) is 11.5. The van der Waals surface area contributed by atoms with Gasteiger partial charge in [0, 0.05) is 13.1 Å². The summed E-state index contributed by atoms with van der Waals surface area (Å²) in [6, 6.07) is 4.57. The maximum Gasteiger partial charge on any atom is 0.326 e. The Morgan fingerprint density at radius 2 is 1.74 bits per heavy atom. The lowest BCUT2D eigenvalue weighted by Crippen LogP contribution is -2.57. The number of carboxylic acids is 2. The summed E-state index contributed by atoms with van der Waals surface area (Å²) in [4.78, 5) is 66.7. The first-order chi connectivity index (χ1) is 18.0. The van der Waals surface area contributed by atoms with Crippen LogP contribution in [0.15, 0.2) is 35.3 Å². The summed E-state index contributed by atoms with van der Waals surface area (Å²) in [5.74, 6) is -4.99. The van der Waals surface area contributed by atoms with Crippen LogP contribution in [0.25, 0.3) is 0 Å². The molecule has 0 aromatic heterocycles. The van der Waals surface area contributed by atoms with E-state index in [4.69, 9.17) is 22.3 Å². The molecule has 2 rings (SSSR count). The van der Waals surface area contributed by atoms with Crippen molar-refractivity contribution < 1.29 is 34.2 Å². The number of benzene rings is 1. The molecule has 1 aromatic carbocycles. The number of likely N-dealkylation sites (tertiary alicyclic amines) is 1. The van der Waals surface area contributed by atoms with E-state index in [0.29, 0.717) is 25.8 Å². The zero-order valence-corrected chi connectivity index (χ0v) is 20.9. The minimum Gasteiger partial charge on any atom is -0.481 e. The third kappa shape index (κ3) is 9.35. The largest absolute Gasteiger partial charge is 0.481 e. The summed E-state index contributed by atoms with van der Waals surface area (Å²) < 4.78 is 0. The van der Waals surface area contributed by atoms with Gasteiger partial charge in [-0.15, -0.1) is 0 Å². The molecule has 1 fully saturated rings. The molecule has 3 amide bonds. The fourth-order valence-electron chi connectivity index (χ4n) is 4.16. The Morgan fingerprint density at radius 3 is 2.34 bits per heavy atom. The summed E-state index contributed by atoms with van der Waals surface area (Å²) in [7, 11) is 0. The number of guanidine groups is 1. The lowest BCUT2D eigenvalue weighted by Gasteiger charge is -2.28. The number of nitrogens with one attached hydrogen (secondary N) is 2. The number of rotatable bonds is 14. The van der Waals surface area contributed by atoms with E-state index < -0.39 is 60.2 Å². The zero-order valence-electron chi connectivity index (χ0n) is 20.9. The number of hydrogen-bond acceptors (Lipinski definition) is 7. The van der Waals surface area contributed by atoms with E-state index in [1.807, 2.05) is 30.3 Å². The van der Waals surface area contributed by atoms with E-state index in [9.17, 15) is 29.1 Å². The molecule has 1 aliphatic heterocycles. The number of aliphatic imine (C=N–C) groups is 1.